The third kappa shape index (κ3) is 1.34. The van der Waals surface area contributed by atoms with Crippen molar-refractivity contribution in [2.24, 2.45) is 16.6 Å². The van der Waals surface area contributed by atoms with E-state index in [4.69, 9.17) is 10.5 Å². The Bertz CT molecular complexity index is 131. The minimum absolute atomic E-state index is 0.213. The molecule has 0 amide bonds. The van der Waals surface area contributed by atoms with Crippen molar-refractivity contribution in [1.82, 2.24) is 0 Å². The monoisotopic (exact) mass is 128 g/mol. The molecule has 1 rings (SSSR count). The fraction of sp³-hybridized carbons (Fsp3) is 0.833. The van der Waals surface area contributed by atoms with Crippen LogP contribution < -0.4 is 5.73 Å². The van der Waals surface area contributed by atoms with Crippen molar-refractivity contribution in [3.63, 3.8) is 0 Å². The van der Waals surface area contributed by atoms with Gasteiger partial charge in [0.2, 0.25) is 0 Å². The van der Waals surface area contributed by atoms with Gasteiger partial charge in [0.1, 0.15) is 6.10 Å². The summed E-state index contributed by atoms with van der Waals surface area (Å²) >= 11 is 0. The van der Waals surface area contributed by atoms with Gasteiger partial charge in [-0.15, -0.1) is 0 Å². The predicted molar refractivity (Wildman–Crippen MR) is 36.2 cm³/mol. The van der Waals surface area contributed by atoms with Crippen LogP contribution in [-0.2, 0) is 4.74 Å². The van der Waals surface area contributed by atoms with Gasteiger partial charge in [0.15, 0.2) is 0 Å². The highest BCUT2D eigenvalue weighted by molar-refractivity contribution is 5.72. The molecule has 0 fully saturated rings. The minimum atomic E-state index is 0.213. The Labute approximate surface area is 54.9 Å². The van der Waals surface area contributed by atoms with Crippen LogP contribution in [0.2, 0.25) is 0 Å². The molecule has 3 heteroatoms. The van der Waals surface area contributed by atoms with Gasteiger partial charge in [0.25, 0.3) is 6.02 Å². The maximum absolute atomic E-state index is 5.29. The summed E-state index contributed by atoms with van der Waals surface area (Å²) in [7, 11) is 0. The molecule has 1 atom stereocenters. The number of nitrogens with zero attached hydrogens (tertiary/aromatic N) is 1. The maximum Gasteiger partial charge on any atom is 0.282 e. The quantitative estimate of drug-likeness (QED) is 0.554. The molecule has 0 bridgehead atoms. The zero-order valence-corrected chi connectivity index (χ0v) is 5.79. The number of aliphatic imine (C=N–C) groups is 1. The molecule has 0 saturated heterocycles. The van der Waals surface area contributed by atoms with E-state index in [0.717, 1.165) is 6.54 Å². The third-order valence-corrected chi connectivity index (χ3v) is 1.44. The Morgan fingerprint density at radius 3 is 2.67 bits per heavy atom. The molecule has 1 aliphatic heterocycles. The molecule has 52 valence electrons. The lowest BCUT2D eigenvalue weighted by atomic mass is 10.1. The van der Waals surface area contributed by atoms with E-state index in [1.54, 1.807) is 0 Å². The number of rotatable bonds is 1. The van der Waals surface area contributed by atoms with Crippen molar-refractivity contribution in [2.45, 2.75) is 20.0 Å². The van der Waals surface area contributed by atoms with Crippen LogP contribution in [-0.4, -0.2) is 18.7 Å². The smallest absolute Gasteiger partial charge is 0.282 e. The molecule has 0 aromatic heterocycles. The number of hydrogen-bond donors (Lipinski definition) is 1. The molecule has 0 radical (unpaired) electrons. The Morgan fingerprint density at radius 1 is 1.78 bits per heavy atom. The van der Waals surface area contributed by atoms with Crippen LogP contribution >= 0.6 is 0 Å². The van der Waals surface area contributed by atoms with Crippen LogP contribution in [0.1, 0.15) is 13.8 Å². The lowest BCUT2D eigenvalue weighted by Crippen LogP contribution is -2.22. The highest BCUT2D eigenvalue weighted by atomic mass is 16.5. The first kappa shape index (κ1) is 6.39. The molecule has 0 aromatic carbocycles. The van der Waals surface area contributed by atoms with Crippen LogP contribution in [0.4, 0.5) is 0 Å². The molecule has 1 heterocycles. The third-order valence-electron chi connectivity index (χ3n) is 1.44. The van der Waals surface area contributed by atoms with Gasteiger partial charge < -0.3 is 10.5 Å². The Balaban J connectivity index is 2.37. The predicted octanol–water partition coefficient (Wildman–Crippen LogP) is 0.356. The van der Waals surface area contributed by atoms with Crippen molar-refractivity contribution < 1.29 is 4.74 Å². The topological polar surface area (TPSA) is 47.6 Å². The van der Waals surface area contributed by atoms with Crippen LogP contribution in [0.5, 0.6) is 0 Å². The molecule has 2 N–H and O–H groups in total. The van der Waals surface area contributed by atoms with Gasteiger partial charge >= 0.3 is 0 Å². The molecule has 9 heavy (non-hydrogen) atoms. The van der Waals surface area contributed by atoms with E-state index in [9.17, 15) is 0 Å². The summed E-state index contributed by atoms with van der Waals surface area (Å²) in [5, 5.41) is 0. The van der Waals surface area contributed by atoms with E-state index in [2.05, 4.69) is 18.8 Å². The van der Waals surface area contributed by atoms with E-state index >= 15 is 0 Å². The second kappa shape index (κ2) is 2.25. The van der Waals surface area contributed by atoms with Gasteiger partial charge in [-0.1, -0.05) is 13.8 Å². The van der Waals surface area contributed by atoms with Crippen molar-refractivity contribution >= 4 is 6.02 Å². The minimum Gasteiger partial charge on any atom is -0.460 e. The Morgan fingerprint density at radius 2 is 2.44 bits per heavy atom. The van der Waals surface area contributed by atoms with Gasteiger partial charge in [-0.05, 0) is 5.92 Å². The van der Waals surface area contributed by atoms with Gasteiger partial charge in [-0.25, -0.2) is 4.99 Å². The second-order valence-electron chi connectivity index (χ2n) is 2.58. The second-order valence-corrected chi connectivity index (χ2v) is 2.58. The Kier molecular flexibility index (Phi) is 1.60. The summed E-state index contributed by atoms with van der Waals surface area (Å²) in [6.07, 6.45) is 0.213. The number of nitrogens with two attached hydrogens (primary N) is 1. The molecular formula is C6H12N2O. The normalized spacial score (nSPS) is 26.1. The number of amidine groups is 1. The van der Waals surface area contributed by atoms with E-state index in [0.29, 0.717) is 11.9 Å². The summed E-state index contributed by atoms with van der Waals surface area (Å²) in [6, 6.07) is 0.341. The van der Waals surface area contributed by atoms with Crippen molar-refractivity contribution in [3.8, 4) is 0 Å². The fourth-order valence-electron chi connectivity index (χ4n) is 0.756. The average molecular weight is 128 g/mol. The van der Waals surface area contributed by atoms with Gasteiger partial charge in [0.05, 0.1) is 6.54 Å². The molecule has 1 unspecified atom stereocenters. The first-order valence-electron chi connectivity index (χ1n) is 3.16. The van der Waals surface area contributed by atoms with E-state index in [1.807, 2.05) is 0 Å². The average Bonchev–Trinajstić information content (AvgIpc) is 2.14. The summed E-state index contributed by atoms with van der Waals surface area (Å²) in [5.74, 6) is 0.509. The van der Waals surface area contributed by atoms with Gasteiger partial charge in [0, 0.05) is 0 Å². The first-order chi connectivity index (χ1) is 4.20. The van der Waals surface area contributed by atoms with Crippen LogP contribution in [0, 0.1) is 5.92 Å². The zero-order valence-electron chi connectivity index (χ0n) is 5.79. The van der Waals surface area contributed by atoms with Gasteiger partial charge in [-0.2, -0.15) is 0 Å². The van der Waals surface area contributed by atoms with E-state index in [-0.39, 0.29) is 6.10 Å². The summed E-state index contributed by atoms with van der Waals surface area (Å²) in [4.78, 5) is 3.91. The molecule has 1 aliphatic rings. The molecule has 0 saturated carbocycles. The number of hydrogen-bond acceptors (Lipinski definition) is 3. The SMILES string of the molecule is CC(C)C1CN=C(N)O1. The molecule has 0 spiro atoms. The summed E-state index contributed by atoms with van der Waals surface area (Å²) in [5.41, 5.74) is 5.29. The zero-order chi connectivity index (χ0) is 6.85. The molecule has 0 aliphatic carbocycles. The standard InChI is InChI=1S/C6H12N2O/c1-4(2)5-3-8-6(7)9-5/h4-5H,3H2,1-2H3,(H2,7,8). The fourth-order valence-corrected chi connectivity index (χ4v) is 0.756. The highest BCUT2D eigenvalue weighted by Crippen LogP contribution is 2.10. The lowest BCUT2D eigenvalue weighted by molar-refractivity contribution is 0.169. The molecule has 0 aromatic rings. The van der Waals surface area contributed by atoms with Crippen LogP contribution in [0.3, 0.4) is 0 Å². The summed E-state index contributed by atoms with van der Waals surface area (Å²) < 4.78 is 5.15. The van der Waals surface area contributed by atoms with E-state index < -0.39 is 0 Å². The summed E-state index contributed by atoms with van der Waals surface area (Å²) in [6.45, 7) is 4.92. The maximum atomic E-state index is 5.29. The van der Waals surface area contributed by atoms with Gasteiger partial charge in [-0.3, -0.25) is 0 Å². The number of ether oxygens (including phenoxy) is 1. The van der Waals surface area contributed by atoms with E-state index in [1.165, 1.54) is 0 Å². The molecule has 3 nitrogen and oxygen atoms in total. The van der Waals surface area contributed by atoms with Crippen LogP contribution in [0.15, 0.2) is 4.99 Å². The highest BCUT2D eigenvalue weighted by Gasteiger charge is 2.20. The van der Waals surface area contributed by atoms with Crippen LogP contribution in [0.25, 0.3) is 0 Å². The lowest BCUT2D eigenvalue weighted by Gasteiger charge is -2.12. The van der Waals surface area contributed by atoms with Crippen molar-refractivity contribution in [1.29, 1.82) is 0 Å². The first-order valence-corrected chi connectivity index (χ1v) is 3.16. The molecular weight excluding hydrogens is 116 g/mol. The largest absolute Gasteiger partial charge is 0.460 e. The van der Waals surface area contributed by atoms with Crippen molar-refractivity contribution in [2.75, 3.05) is 6.54 Å². The Hall–Kier alpha value is -0.730. The van der Waals surface area contributed by atoms with Crippen molar-refractivity contribution in [3.05, 3.63) is 0 Å².